The van der Waals surface area contributed by atoms with Gasteiger partial charge in [-0.05, 0) is 30.9 Å². The van der Waals surface area contributed by atoms with Gasteiger partial charge in [0, 0.05) is 48.5 Å². The van der Waals surface area contributed by atoms with E-state index in [0.717, 1.165) is 53.5 Å². The second kappa shape index (κ2) is 7.63. The van der Waals surface area contributed by atoms with E-state index in [1.54, 1.807) is 0 Å². The van der Waals surface area contributed by atoms with E-state index in [2.05, 4.69) is 41.7 Å². The first-order chi connectivity index (χ1) is 14.5. The molecular formula is C23H29N5O2. The number of fused-ring (bicyclic) bond motifs is 1. The second-order valence-corrected chi connectivity index (χ2v) is 9.06. The fraction of sp³-hybridized carbons (Fsp3) is 0.522. The first-order valence-corrected chi connectivity index (χ1v) is 10.8. The van der Waals surface area contributed by atoms with Crippen LogP contribution in [-0.2, 0) is 9.47 Å². The van der Waals surface area contributed by atoms with Crippen molar-refractivity contribution in [2.75, 3.05) is 37.9 Å². The molecule has 30 heavy (non-hydrogen) atoms. The molecule has 7 heteroatoms. The topological polar surface area (TPSA) is 76.2 Å². The van der Waals surface area contributed by atoms with Crippen molar-refractivity contribution in [3.05, 3.63) is 36.3 Å². The zero-order valence-electron chi connectivity index (χ0n) is 17.9. The highest BCUT2D eigenvalue weighted by Crippen LogP contribution is 2.42. The Balaban J connectivity index is 1.66. The monoisotopic (exact) mass is 407 g/mol. The van der Waals surface area contributed by atoms with Crippen molar-refractivity contribution in [1.29, 1.82) is 0 Å². The van der Waals surface area contributed by atoms with E-state index in [1.807, 2.05) is 24.5 Å². The maximum Gasteiger partial charge on any atom is 0.162 e. The van der Waals surface area contributed by atoms with Crippen LogP contribution in [-0.4, -0.2) is 59.0 Å². The van der Waals surface area contributed by atoms with Gasteiger partial charge in [0.05, 0.1) is 31.6 Å². The van der Waals surface area contributed by atoms with Gasteiger partial charge in [-0.15, -0.1) is 0 Å². The van der Waals surface area contributed by atoms with Crippen LogP contribution in [0.5, 0.6) is 0 Å². The molecule has 0 bridgehead atoms. The predicted molar refractivity (Wildman–Crippen MR) is 117 cm³/mol. The molecule has 3 aromatic rings. The molecule has 0 aliphatic carbocycles. The summed E-state index contributed by atoms with van der Waals surface area (Å²) in [5, 5.41) is 1.04. The van der Waals surface area contributed by atoms with Gasteiger partial charge in [-0.2, -0.15) is 0 Å². The van der Waals surface area contributed by atoms with Crippen molar-refractivity contribution in [1.82, 2.24) is 19.9 Å². The first kappa shape index (κ1) is 19.5. The van der Waals surface area contributed by atoms with E-state index in [4.69, 9.17) is 19.4 Å². The number of hydrogen-bond donors (Lipinski definition) is 1. The summed E-state index contributed by atoms with van der Waals surface area (Å²) in [5.74, 6) is 1.94. The van der Waals surface area contributed by atoms with Crippen molar-refractivity contribution >= 4 is 16.9 Å². The van der Waals surface area contributed by atoms with E-state index >= 15 is 0 Å². The molecule has 0 aromatic carbocycles. The van der Waals surface area contributed by atoms with Crippen LogP contribution < -0.4 is 4.90 Å². The van der Waals surface area contributed by atoms with E-state index in [1.165, 1.54) is 0 Å². The Kier molecular flexibility index (Phi) is 4.95. The maximum absolute atomic E-state index is 5.87. The number of hydrogen-bond acceptors (Lipinski definition) is 6. The van der Waals surface area contributed by atoms with Gasteiger partial charge in [0.2, 0.25) is 0 Å². The summed E-state index contributed by atoms with van der Waals surface area (Å²) < 4.78 is 11.5. The molecular weight excluding hydrogens is 378 g/mol. The summed E-state index contributed by atoms with van der Waals surface area (Å²) in [6.07, 6.45) is 4.75. The SMILES string of the molecule is C[C@@H]1COCCN1c1cc([C@H]2COCCC2(C)C)nc(-c2ccnc3[nH]ccc23)n1. The Morgan fingerprint density at radius 1 is 1.13 bits per heavy atom. The van der Waals surface area contributed by atoms with Gasteiger partial charge < -0.3 is 19.4 Å². The van der Waals surface area contributed by atoms with Crippen LogP contribution in [0, 0.1) is 5.41 Å². The molecule has 0 saturated carbocycles. The highest BCUT2D eigenvalue weighted by molar-refractivity contribution is 5.91. The Bertz CT molecular complexity index is 1050. The molecule has 3 aromatic heterocycles. The Morgan fingerprint density at radius 2 is 2.00 bits per heavy atom. The van der Waals surface area contributed by atoms with Gasteiger partial charge in [0.1, 0.15) is 11.5 Å². The van der Waals surface area contributed by atoms with Crippen molar-refractivity contribution in [3.8, 4) is 11.4 Å². The van der Waals surface area contributed by atoms with Crippen LogP contribution >= 0.6 is 0 Å². The van der Waals surface area contributed by atoms with E-state index in [9.17, 15) is 0 Å². The molecule has 0 amide bonds. The number of nitrogens with zero attached hydrogens (tertiary/aromatic N) is 4. The number of pyridine rings is 1. The fourth-order valence-corrected chi connectivity index (χ4v) is 4.54. The average Bonchev–Trinajstić information content (AvgIpc) is 3.22. The summed E-state index contributed by atoms with van der Waals surface area (Å²) in [5.41, 5.74) is 3.03. The van der Waals surface area contributed by atoms with Crippen molar-refractivity contribution in [3.63, 3.8) is 0 Å². The largest absolute Gasteiger partial charge is 0.381 e. The first-order valence-electron chi connectivity index (χ1n) is 10.8. The van der Waals surface area contributed by atoms with Crippen LogP contribution in [0.3, 0.4) is 0 Å². The number of nitrogens with one attached hydrogen (secondary N) is 1. The van der Waals surface area contributed by atoms with Crippen LogP contribution in [0.2, 0.25) is 0 Å². The quantitative estimate of drug-likeness (QED) is 0.712. The number of morpholine rings is 1. The van der Waals surface area contributed by atoms with E-state index < -0.39 is 0 Å². The Labute approximate surface area is 176 Å². The highest BCUT2D eigenvalue weighted by Gasteiger charge is 2.36. The summed E-state index contributed by atoms with van der Waals surface area (Å²) in [4.78, 5) is 20.1. The lowest BCUT2D eigenvalue weighted by atomic mass is 9.73. The normalized spacial score (nSPS) is 24.3. The minimum atomic E-state index is 0.124. The van der Waals surface area contributed by atoms with Gasteiger partial charge in [0.15, 0.2) is 5.82 Å². The molecule has 2 aliphatic heterocycles. The number of aromatic nitrogens is 4. The molecule has 2 saturated heterocycles. The third-order valence-corrected chi connectivity index (χ3v) is 6.57. The lowest BCUT2D eigenvalue weighted by Crippen LogP contribution is -2.44. The number of aromatic amines is 1. The molecule has 0 radical (unpaired) electrons. The summed E-state index contributed by atoms with van der Waals surface area (Å²) in [7, 11) is 0. The molecule has 2 fully saturated rings. The minimum absolute atomic E-state index is 0.124. The molecule has 158 valence electrons. The van der Waals surface area contributed by atoms with Crippen LogP contribution in [0.25, 0.3) is 22.4 Å². The summed E-state index contributed by atoms with van der Waals surface area (Å²) in [6.45, 7) is 10.6. The molecule has 5 heterocycles. The summed E-state index contributed by atoms with van der Waals surface area (Å²) in [6, 6.07) is 6.49. The van der Waals surface area contributed by atoms with Crippen LogP contribution in [0.15, 0.2) is 30.6 Å². The third kappa shape index (κ3) is 3.46. The Hall–Kier alpha value is -2.51. The van der Waals surface area contributed by atoms with Gasteiger partial charge in [-0.25, -0.2) is 15.0 Å². The average molecular weight is 408 g/mol. The van der Waals surface area contributed by atoms with E-state index in [0.29, 0.717) is 19.8 Å². The minimum Gasteiger partial charge on any atom is -0.381 e. The zero-order valence-corrected chi connectivity index (χ0v) is 17.9. The molecule has 5 rings (SSSR count). The fourth-order valence-electron chi connectivity index (χ4n) is 4.54. The van der Waals surface area contributed by atoms with Crippen molar-refractivity contribution < 1.29 is 9.47 Å². The lowest BCUT2D eigenvalue weighted by molar-refractivity contribution is 0.00889. The second-order valence-electron chi connectivity index (χ2n) is 9.06. The highest BCUT2D eigenvalue weighted by atomic mass is 16.5. The molecule has 1 N–H and O–H groups in total. The molecule has 0 unspecified atom stereocenters. The molecule has 2 aliphatic rings. The smallest absolute Gasteiger partial charge is 0.162 e. The lowest BCUT2D eigenvalue weighted by Gasteiger charge is -2.39. The Morgan fingerprint density at radius 3 is 2.83 bits per heavy atom. The van der Waals surface area contributed by atoms with Crippen molar-refractivity contribution in [2.45, 2.75) is 39.2 Å². The molecule has 0 spiro atoms. The number of H-pyrrole nitrogens is 1. The summed E-state index contributed by atoms with van der Waals surface area (Å²) >= 11 is 0. The molecule has 7 nitrogen and oxygen atoms in total. The standard InChI is InChI=1S/C23H29N5O2/c1-15-13-30-11-9-28(15)20-12-19(18-14-29-10-6-23(18,2)3)26-22(27-20)17-5-8-25-21-16(17)4-7-24-21/h4-5,7-8,12,15,18H,6,9-11,13-14H2,1-3H3,(H,24,25)/t15-,18-/m1/s1. The zero-order chi connectivity index (χ0) is 20.7. The number of ether oxygens (including phenoxy) is 2. The molecule has 2 atom stereocenters. The number of rotatable bonds is 3. The van der Waals surface area contributed by atoms with Gasteiger partial charge >= 0.3 is 0 Å². The van der Waals surface area contributed by atoms with Crippen LogP contribution in [0.4, 0.5) is 5.82 Å². The van der Waals surface area contributed by atoms with E-state index in [-0.39, 0.29) is 17.4 Å². The van der Waals surface area contributed by atoms with Crippen molar-refractivity contribution in [2.24, 2.45) is 5.41 Å². The number of anilines is 1. The van der Waals surface area contributed by atoms with Gasteiger partial charge in [0.25, 0.3) is 0 Å². The van der Waals surface area contributed by atoms with Gasteiger partial charge in [-0.3, -0.25) is 0 Å². The maximum atomic E-state index is 5.87. The third-order valence-electron chi connectivity index (χ3n) is 6.57. The predicted octanol–water partition coefficient (Wildman–Crippen LogP) is 3.78. The van der Waals surface area contributed by atoms with Gasteiger partial charge in [-0.1, -0.05) is 13.8 Å². The van der Waals surface area contributed by atoms with Crippen LogP contribution in [0.1, 0.15) is 38.8 Å².